The minimum atomic E-state index is -0.0131. The van der Waals surface area contributed by atoms with Crippen molar-refractivity contribution in [1.82, 2.24) is 4.90 Å². The van der Waals surface area contributed by atoms with Gasteiger partial charge in [0.1, 0.15) is 0 Å². The van der Waals surface area contributed by atoms with Crippen molar-refractivity contribution in [3.63, 3.8) is 0 Å². The van der Waals surface area contributed by atoms with Crippen LogP contribution in [0.25, 0.3) is 0 Å². The fraction of sp³-hybridized carbons (Fsp3) is 0.818. The molecule has 13 heavy (non-hydrogen) atoms. The van der Waals surface area contributed by atoms with Gasteiger partial charge >= 0.3 is 0 Å². The van der Waals surface area contributed by atoms with E-state index in [9.17, 15) is 0 Å². The molecule has 0 spiro atoms. The second-order valence-corrected chi connectivity index (χ2v) is 4.83. The molecule has 1 aliphatic heterocycles. The molecule has 0 aromatic rings. The van der Waals surface area contributed by atoms with E-state index in [0.717, 1.165) is 12.5 Å². The lowest BCUT2D eigenvalue weighted by Gasteiger charge is -2.34. The average molecular weight is 183 g/mol. The van der Waals surface area contributed by atoms with Crippen molar-refractivity contribution in [2.75, 3.05) is 26.7 Å². The van der Waals surface area contributed by atoms with Crippen LogP contribution in [-0.4, -0.2) is 37.2 Å². The summed E-state index contributed by atoms with van der Waals surface area (Å²) >= 11 is 0. The Morgan fingerprint density at radius 1 is 1.38 bits per heavy atom. The van der Waals surface area contributed by atoms with Crippen LogP contribution in [0.4, 0.5) is 0 Å². The lowest BCUT2D eigenvalue weighted by Crippen LogP contribution is -2.42. The van der Waals surface area contributed by atoms with Crippen LogP contribution >= 0.6 is 0 Å². The Morgan fingerprint density at radius 2 is 2.00 bits per heavy atom. The number of hydrogen-bond acceptors (Lipinski definition) is 2. The van der Waals surface area contributed by atoms with Crippen molar-refractivity contribution in [2.24, 2.45) is 5.92 Å². The van der Waals surface area contributed by atoms with Crippen LogP contribution in [0.5, 0.6) is 0 Å². The van der Waals surface area contributed by atoms with E-state index in [1.165, 1.54) is 13.1 Å². The molecule has 0 N–H and O–H groups in total. The van der Waals surface area contributed by atoms with Gasteiger partial charge in [0.25, 0.3) is 0 Å². The first kappa shape index (κ1) is 10.7. The number of rotatable bonds is 3. The fourth-order valence-electron chi connectivity index (χ4n) is 1.42. The van der Waals surface area contributed by atoms with Crippen molar-refractivity contribution in [1.29, 1.82) is 0 Å². The molecule has 0 aliphatic carbocycles. The minimum absolute atomic E-state index is 0.0131. The lowest BCUT2D eigenvalue weighted by atomic mass is 10.0. The van der Waals surface area contributed by atoms with Gasteiger partial charge in [0.2, 0.25) is 0 Å². The van der Waals surface area contributed by atoms with E-state index in [1.54, 1.807) is 0 Å². The maximum Gasteiger partial charge on any atom is 0.0654 e. The Morgan fingerprint density at radius 3 is 2.46 bits per heavy atom. The zero-order chi connectivity index (χ0) is 9.90. The van der Waals surface area contributed by atoms with E-state index in [4.69, 9.17) is 4.74 Å². The maximum atomic E-state index is 5.57. The number of likely N-dealkylation sites (tertiary alicyclic amines) is 1. The Balaban J connectivity index is 2.06. The number of hydrogen-bond donors (Lipinski definition) is 0. The summed E-state index contributed by atoms with van der Waals surface area (Å²) in [4.78, 5) is 2.32. The largest absolute Gasteiger partial charge is 0.372 e. The van der Waals surface area contributed by atoms with Gasteiger partial charge in [-0.2, -0.15) is 0 Å². The van der Waals surface area contributed by atoms with Crippen LogP contribution < -0.4 is 0 Å². The molecule has 1 aliphatic rings. The Hall–Kier alpha value is -0.340. The highest BCUT2D eigenvalue weighted by molar-refractivity contribution is 4.96. The highest BCUT2D eigenvalue weighted by atomic mass is 16.5. The van der Waals surface area contributed by atoms with Crippen molar-refractivity contribution in [3.8, 4) is 0 Å². The van der Waals surface area contributed by atoms with Crippen LogP contribution in [-0.2, 0) is 4.74 Å². The van der Waals surface area contributed by atoms with E-state index in [2.05, 4.69) is 44.9 Å². The summed E-state index contributed by atoms with van der Waals surface area (Å²) in [5.74, 6) is 0.758. The van der Waals surface area contributed by atoms with Crippen LogP contribution in [0.3, 0.4) is 0 Å². The van der Waals surface area contributed by atoms with E-state index in [0.29, 0.717) is 0 Å². The van der Waals surface area contributed by atoms with Gasteiger partial charge in [-0.1, -0.05) is 12.2 Å². The predicted octanol–water partition coefficient (Wildman–Crippen LogP) is 1.92. The van der Waals surface area contributed by atoms with E-state index < -0.39 is 0 Å². The normalized spacial score (nSPS) is 20.9. The third-order valence-electron chi connectivity index (χ3n) is 2.11. The van der Waals surface area contributed by atoms with Crippen molar-refractivity contribution in [2.45, 2.75) is 26.4 Å². The Kier molecular flexibility index (Phi) is 3.51. The van der Waals surface area contributed by atoms with Gasteiger partial charge in [0, 0.05) is 19.0 Å². The van der Waals surface area contributed by atoms with Crippen LogP contribution in [0.15, 0.2) is 12.2 Å². The first-order valence-electron chi connectivity index (χ1n) is 4.96. The predicted molar refractivity (Wildman–Crippen MR) is 55.8 cm³/mol. The first-order chi connectivity index (χ1) is 5.97. The molecule has 0 atom stereocenters. The second kappa shape index (κ2) is 4.25. The molecule has 0 saturated carbocycles. The molecular weight excluding hydrogens is 162 g/mol. The monoisotopic (exact) mass is 183 g/mol. The second-order valence-electron chi connectivity index (χ2n) is 4.83. The number of ether oxygens (including phenoxy) is 1. The molecule has 76 valence electrons. The molecule has 2 nitrogen and oxygen atoms in total. The number of nitrogens with zero attached hydrogens (tertiary/aromatic N) is 1. The summed E-state index contributed by atoms with van der Waals surface area (Å²) in [5, 5.41) is 0. The third kappa shape index (κ3) is 4.44. The summed E-state index contributed by atoms with van der Waals surface area (Å²) in [6.45, 7) is 9.38. The summed E-state index contributed by atoms with van der Waals surface area (Å²) in [6.07, 6.45) is 4.41. The quantitative estimate of drug-likeness (QED) is 0.620. The lowest BCUT2D eigenvalue weighted by molar-refractivity contribution is 0.0146. The van der Waals surface area contributed by atoms with Crippen molar-refractivity contribution < 1.29 is 4.74 Å². The van der Waals surface area contributed by atoms with Crippen molar-refractivity contribution >= 4 is 0 Å². The molecule has 1 heterocycles. The molecule has 1 rings (SSSR count). The fourth-order valence-corrected chi connectivity index (χ4v) is 1.42. The van der Waals surface area contributed by atoms with Gasteiger partial charge in [0.05, 0.1) is 12.2 Å². The molecule has 0 bridgehead atoms. The topological polar surface area (TPSA) is 12.5 Å². The molecule has 0 aromatic heterocycles. The zero-order valence-electron chi connectivity index (χ0n) is 9.21. The third-order valence-corrected chi connectivity index (χ3v) is 2.11. The summed E-state index contributed by atoms with van der Waals surface area (Å²) in [5.41, 5.74) is -0.0131. The minimum Gasteiger partial charge on any atom is -0.372 e. The molecule has 1 fully saturated rings. The van der Waals surface area contributed by atoms with Crippen molar-refractivity contribution in [3.05, 3.63) is 12.2 Å². The van der Waals surface area contributed by atoms with E-state index >= 15 is 0 Å². The van der Waals surface area contributed by atoms with Gasteiger partial charge in [-0.05, 0) is 27.8 Å². The van der Waals surface area contributed by atoms with Gasteiger partial charge in [-0.25, -0.2) is 0 Å². The SMILES string of the molecule is CN1CC(/C=C/COC(C)(C)C)C1. The highest BCUT2D eigenvalue weighted by Crippen LogP contribution is 2.14. The molecule has 1 saturated heterocycles. The molecule has 0 unspecified atom stereocenters. The van der Waals surface area contributed by atoms with Gasteiger partial charge in [-0.3, -0.25) is 0 Å². The molecular formula is C11H21NO. The standard InChI is InChI=1S/C11H21NO/c1-11(2,3)13-7-5-6-10-8-12(4)9-10/h5-6,10H,7-9H2,1-4H3/b6-5+. The first-order valence-corrected chi connectivity index (χ1v) is 4.96. The van der Waals surface area contributed by atoms with E-state index in [1.807, 2.05) is 0 Å². The van der Waals surface area contributed by atoms with Gasteiger partial charge < -0.3 is 9.64 Å². The average Bonchev–Trinajstić information content (AvgIpc) is 1.91. The summed E-state index contributed by atoms with van der Waals surface area (Å²) in [7, 11) is 2.15. The van der Waals surface area contributed by atoms with Crippen LogP contribution in [0.1, 0.15) is 20.8 Å². The van der Waals surface area contributed by atoms with Crippen LogP contribution in [0, 0.1) is 5.92 Å². The molecule has 0 radical (unpaired) electrons. The smallest absolute Gasteiger partial charge is 0.0654 e. The molecule has 2 heteroatoms. The molecule has 0 aromatic carbocycles. The Bertz CT molecular complexity index is 175. The highest BCUT2D eigenvalue weighted by Gasteiger charge is 2.19. The maximum absolute atomic E-state index is 5.57. The van der Waals surface area contributed by atoms with Gasteiger partial charge in [-0.15, -0.1) is 0 Å². The summed E-state index contributed by atoms with van der Waals surface area (Å²) in [6, 6.07) is 0. The summed E-state index contributed by atoms with van der Waals surface area (Å²) < 4.78 is 5.57. The molecule has 0 amide bonds. The Labute approximate surface area is 81.6 Å². The van der Waals surface area contributed by atoms with Crippen LogP contribution in [0.2, 0.25) is 0 Å². The zero-order valence-corrected chi connectivity index (χ0v) is 9.21. The van der Waals surface area contributed by atoms with E-state index in [-0.39, 0.29) is 5.60 Å². The van der Waals surface area contributed by atoms with Gasteiger partial charge in [0.15, 0.2) is 0 Å².